The SMILES string of the molecule is Cc1ccc(CC(=O)OCC(=O)N[C@@H](c2ccccc2)c2cccs2)cc1. The molecule has 0 aliphatic carbocycles. The molecular weight excluding hydrogens is 358 g/mol. The molecule has 0 saturated carbocycles. The van der Waals surface area contributed by atoms with Gasteiger partial charge < -0.3 is 10.1 Å². The van der Waals surface area contributed by atoms with Gasteiger partial charge in [-0.2, -0.15) is 0 Å². The summed E-state index contributed by atoms with van der Waals surface area (Å²) in [6, 6.07) is 21.1. The number of aryl methyl sites for hydroxylation is 1. The monoisotopic (exact) mass is 379 g/mol. The molecule has 1 aromatic heterocycles. The van der Waals surface area contributed by atoms with Crippen molar-refractivity contribution in [1.82, 2.24) is 5.32 Å². The van der Waals surface area contributed by atoms with E-state index in [1.54, 1.807) is 11.3 Å². The number of carbonyl (C=O) groups is 2. The quantitative estimate of drug-likeness (QED) is 0.630. The van der Waals surface area contributed by atoms with Crippen molar-refractivity contribution in [2.45, 2.75) is 19.4 Å². The van der Waals surface area contributed by atoms with E-state index in [2.05, 4.69) is 5.32 Å². The van der Waals surface area contributed by atoms with Crippen LogP contribution in [-0.2, 0) is 20.7 Å². The minimum absolute atomic E-state index is 0.153. The Balaban J connectivity index is 1.56. The second-order valence-corrected chi connectivity index (χ2v) is 7.23. The number of nitrogens with one attached hydrogen (secondary N) is 1. The first-order valence-electron chi connectivity index (χ1n) is 8.70. The minimum Gasteiger partial charge on any atom is -0.455 e. The van der Waals surface area contributed by atoms with Gasteiger partial charge in [0.1, 0.15) is 0 Å². The van der Waals surface area contributed by atoms with Crippen LogP contribution in [0.15, 0.2) is 72.1 Å². The van der Waals surface area contributed by atoms with Crippen molar-refractivity contribution in [3.63, 3.8) is 0 Å². The van der Waals surface area contributed by atoms with Crippen LogP contribution in [0.4, 0.5) is 0 Å². The lowest BCUT2D eigenvalue weighted by atomic mass is 10.1. The fraction of sp³-hybridized carbons (Fsp3) is 0.182. The van der Waals surface area contributed by atoms with E-state index >= 15 is 0 Å². The predicted octanol–water partition coefficient (Wildman–Crippen LogP) is 4.05. The molecule has 138 valence electrons. The maximum absolute atomic E-state index is 12.3. The zero-order valence-electron chi connectivity index (χ0n) is 15.1. The van der Waals surface area contributed by atoms with E-state index in [-0.39, 0.29) is 25.0 Å². The van der Waals surface area contributed by atoms with Gasteiger partial charge in [0.05, 0.1) is 12.5 Å². The Morgan fingerprint density at radius 1 is 1.00 bits per heavy atom. The van der Waals surface area contributed by atoms with E-state index in [1.165, 1.54) is 0 Å². The number of benzene rings is 2. The van der Waals surface area contributed by atoms with E-state index in [9.17, 15) is 9.59 Å². The molecule has 0 aliphatic heterocycles. The van der Waals surface area contributed by atoms with Crippen molar-refractivity contribution in [2.24, 2.45) is 0 Å². The number of rotatable bonds is 7. The van der Waals surface area contributed by atoms with Crippen molar-refractivity contribution < 1.29 is 14.3 Å². The number of carbonyl (C=O) groups excluding carboxylic acids is 2. The van der Waals surface area contributed by atoms with E-state index in [0.717, 1.165) is 21.6 Å². The molecule has 3 aromatic rings. The van der Waals surface area contributed by atoms with Crippen LogP contribution in [-0.4, -0.2) is 18.5 Å². The van der Waals surface area contributed by atoms with Gasteiger partial charge in [-0.05, 0) is 29.5 Å². The Hall–Kier alpha value is -2.92. The first kappa shape index (κ1) is 18.9. The van der Waals surface area contributed by atoms with Crippen LogP contribution in [0.3, 0.4) is 0 Å². The molecule has 1 atom stereocenters. The lowest BCUT2D eigenvalue weighted by molar-refractivity contribution is -0.148. The molecule has 1 amide bonds. The van der Waals surface area contributed by atoms with Gasteiger partial charge in [0.15, 0.2) is 6.61 Å². The summed E-state index contributed by atoms with van der Waals surface area (Å²) in [6.07, 6.45) is 0.153. The number of hydrogen-bond acceptors (Lipinski definition) is 4. The first-order chi connectivity index (χ1) is 13.1. The summed E-state index contributed by atoms with van der Waals surface area (Å²) in [6.45, 7) is 1.70. The second-order valence-electron chi connectivity index (χ2n) is 6.25. The number of ether oxygens (including phenoxy) is 1. The third-order valence-electron chi connectivity index (χ3n) is 4.10. The van der Waals surface area contributed by atoms with Crippen LogP contribution < -0.4 is 5.32 Å². The van der Waals surface area contributed by atoms with Crippen molar-refractivity contribution in [3.8, 4) is 0 Å². The molecular formula is C22H21NO3S. The molecule has 0 bridgehead atoms. The third kappa shape index (κ3) is 5.53. The van der Waals surface area contributed by atoms with Crippen LogP contribution in [0.1, 0.15) is 27.6 Å². The number of esters is 1. The molecule has 5 heteroatoms. The molecule has 0 saturated heterocycles. The Bertz CT molecular complexity index is 874. The fourth-order valence-corrected chi connectivity index (χ4v) is 3.49. The highest BCUT2D eigenvalue weighted by Gasteiger charge is 2.18. The topological polar surface area (TPSA) is 55.4 Å². The predicted molar refractivity (Wildman–Crippen MR) is 107 cm³/mol. The molecule has 3 rings (SSSR count). The molecule has 1 N–H and O–H groups in total. The lowest BCUT2D eigenvalue weighted by Crippen LogP contribution is -2.32. The molecule has 0 fully saturated rings. The van der Waals surface area contributed by atoms with Crippen LogP contribution in [0.2, 0.25) is 0 Å². The number of hydrogen-bond donors (Lipinski definition) is 1. The molecule has 2 aromatic carbocycles. The summed E-state index contributed by atoms with van der Waals surface area (Å²) in [4.78, 5) is 25.4. The fourth-order valence-electron chi connectivity index (χ4n) is 2.69. The average Bonchev–Trinajstić information content (AvgIpc) is 3.21. The van der Waals surface area contributed by atoms with Gasteiger partial charge in [-0.25, -0.2) is 0 Å². The standard InChI is InChI=1S/C22H21NO3S/c1-16-9-11-17(12-10-16)14-21(25)26-15-20(24)23-22(19-8-5-13-27-19)18-6-3-2-4-7-18/h2-13,22H,14-15H2,1H3,(H,23,24)/t22-/m0/s1. The van der Waals surface area contributed by atoms with Crippen LogP contribution in [0, 0.1) is 6.92 Å². The van der Waals surface area contributed by atoms with Gasteiger partial charge in [0, 0.05) is 4.88 Å². The van der Waals surface area contributed by atoms with Gasteiger partial charge >= 0.3 is 5.97 Å². The van der Waals surface area contributed by atoms with Crippen LogP contribution in [0.25, 0.3) is 0 Å². The molecule has 0 aliphatic rings. The van der Waals surface area contributed by atoms with Crippen molar-refractivity contribution in [2.75, 3.05) is 6.61 Å². The largest absolute Gasteiger partial charge is 0.455 e. The van der Waals surface area contributed by atoms with Gasteiger partial charge in [-0.15, -0.1) is 11.3 Å². The normalized spacial score (nSPS) is 11.6. The van der Waals surface area contributed by atoms with Gasteiger partial charge in [0.25, 0.3) is 5.91 Å². The van der Waals surface area contributed by atoms with E-state index in [0.29, 0.717) is 0 Å². The summed E-state index contributed by atoms with van der Waals surface area (Å²) >= 11 is 1.57. The summed E-state index contributed by atoms with van der Waals surface area (Å²) in [5.74, 6) is -0.740. The summed E-state index contributed by atoms with van der Waals surface area (Å²) in [5, 5.41) is 4.93. The van der Waals surface area contributed by atoms with E-state index < -0.39 is 5.97 Å². The summed E-state index contributed by atoms with van der Waals surface area (Å²) in [5.41, 5.74) is 2.98. The van der Waals surface area contributed by atoms with Gasteiger partial charge in [0.2, 0.25) is 0 Å². The number of thiophene rings is 1. The smallest absolute Gasteiger partial charge is 0.310 e. The molecule has 1 heterocycles. The third-order valence-corrected chi connectivity index (χ3v) is 5.04. The second kappa shape index (κ2) is 9.14. The van der Waals surface area contributed by atoms with Crippen molar-refractivity contribution in [3.05, 3.63) is 93.7 Å². The minimum atomic E-state index is -0.415. The zero-order valence-corrected chi connectivity index (χ0v) is 15.9. The maximum Gasteiger partial charge on any atom is 0.310 e. The molecule has 0 spiro atoms. The lowest BCUT2D eigenvalue weighted by Gasteiger charge is -2.18. The Labute approximate surface area is 162 Å². The van der Waals surface area contributed by atoms with Crippen LogP contribution in [0.5, 0.6) is 0 Å². The summed E-state index contributed by atoms with van der Waals surface area (Å²) < 4.78 is 5.14. The first-order valence-corrected chi connectivity index (χ1v) is 9.58. The van der Waals surface area contributed by atoms with Crippen LogP contribution >= 0.6 is 11.3 Å². The highest BCUT2D eigenvalue weighted by Crippen LogP contribution is 2.25. The zero-order chi connectivity index (χ0) is 19.1. The van der Waals surface area contributed by atoms with Crippen molar-refractivity contribution in [1.29, 1.82) is 0 Å². The maximum atomic E-state index is 12.3. The summed E-state index contributed by atoms with van der Waals surface area (Å²) in [7, 11) is 0. The van der Waals surface area contributed by atoms with Gasteiger partial charge in [-0.1, -0.05) is 66.2 Å². The Kier molecular flexibility index (Phi) is 6.39. The Morgan fingerprint density at radius 3 is 2.41 bits per heavy atom. The van der Waals surface area contributed by atoms with E-state index in [1.807, 2.05) is 79.0 Å². The molecule has 27 heavy (non-hydrogen) atoms. The Morgan fingerprint density at radius 2 is 1.74 bits per heavy atom. The van der Waals surface area contributed by atoms with E-state index in [4.69, 9.17) is 4.74 Å². The highest BCUT2D eigenvalue weighted by atomic mass is 32.1. The molecule has 4 nitrogen and oxygen atoms in total. The highest BCUT2D eigenvalue weighted by molar-refractivity contribution is 7.10. The van der Waals surface area contributed by atoms with Gasteiger partial charge in [-0.3, -0.25) is 9.59 Å². The average molecular weight is 379 g/mol. The molecule has 0 radical (unpaired) electrons. The van der Waals surface area contributed by atoms with Crippen molar-refractivity contribution >= 4 is 23.2 Å². The number of amides is 1. The molecule has 0 unspecified atom stereocenters.